The fourth-order valence-electron chi connectivity index (χ4n) is 1.88. The minimum atomic E-state index is -0.296. The lowest BCUT2D eigenvalue weighted by molar-refractivity contribution is 0.0941. The predicted molar refractivity (Wildman–Crippen MR) is 83.2 cm³/mol. The van der Waals surface area contributed by atoms with Crippen LogP contribution < -0.4 is 11.1 Å². The van der Waals surface area contributed by atoms with Crippen LogP contribution in [-0.4, -0.2) is 5.91 Å². The lowest BCUT2D eigenvalue weighted by Gasteiger charge is -2.16. The molecule has 0 saturated carbocycles. The number of amides is 1. The Kier molecular flexibility index (Phi) is 4.53. The summed E-state index contributed by atoms with van der Waals surface area (Å²) in [6, 6.07) is 12.1. The topological polar surface area (TPSA) is 55.1 Å². The Morgan fingerprint density at radius 3 is 2.40 bits per heavy atom. The van der Waals surface area contributed by atoms with Gasteiger partial charge in [-0.2, -0.15) is 0 Å². The van der Waals surface area contributed by atoms with Crippen LogP contribution in [0.15, 0.2) is 42.5 Å². The van der Waals surface area contributed by atoms with Crippen molar-refractivity contribution < 1.29 is 4.79 Å². The number of benzene rings is 2. The highest BCUT2D eigenvalue weighted by Crippen LogP contribution is 2.23. The number of nitrogen functional groups attached to an aromatic ring is 1. The number of anilines is 1. The van der Waals surface area contributed by atoms with E-state index in [1.54, 1.807) is 30.3 Å². The molecule has 0 spiro atoms. The van der Waals surface area contributed by atoms with Crippen molar-refractivity contribution in [2.24, 2.45) is 0 Å². The summed E-state index contributed by atoms with van der Waals surface area (Å²) in [7, 11) is 0. The van der Waals surface area contributed by atoms with Crippen molar-refractivity contribution in [1.82, 2.24) is 5.32 Å². The van der Waals surface area contributed by atoms with Gasteiger partial charge in [-0.3, -0.25) is 4.79 Å². The van der Waals surface area contributed by atoms with E-state index in [1.807, 2.05) is 19.1 Å². The number of rotatable bonds is 3. The smallest absolute Gasteiger partial charge is 0.255 e. The number of nitrogens with one attached hydrogen (secondary N) is 1. The van der Waals surface area contributed by atoms with Crippen molar-refractivity contribution in [3.05, 3.63) is 63.6 Å². The molecule has 20 heavy (non-hydrogen) atoms. The Morgan fingerprint density at radius 2 is 1.80 bits per heavy atom. The van der Waals surface area contributed by atoms with Crippen LogP contribution in [0.4, 0.5) is 5.69 Å². The van der Waals surface area contributed by atoms with Gasteiger partial charge in [0.15, 0.2) is 0 Å². The van der Waals surface area contributed by atoms with Gasteiger partial charge in [-0.25, -0.2) is 0 Å². The lowest BCUT2D eigenvalue weighted by Crippen LogP contribution is -2.27. The summed E-state index contributed by atoms with van der Waals surface area (Å²) >= 11 is 11.9. The summed E-state index contributed by atoms with van der Waals surface area (Å²) in [5.41, 5.74) is 7.41. The largest absolute Gasteiger partial charge is 0.398 e. The molecule has 0 aliphatic carbocycles. The second kappa shape index (κ2) is 6.16. The molecule has 2 rings (SSSR count). The number of hydrogen-bond acceptors (Lipinski definition) is 2. The van der Waals surface area contributed by atoms with E-state index in [2.05, 4.69) is 5.32 Å². The van der Waals surface area contributed by atoms with Crippen LogP contribution in [0.2, 0.25) is 10.0 Å². The first kappa shape index (κ1) is 14.7. The Bertz CT molecular complexity index is 606. The fourth-order valence-corrected chi connectivity index (χ4v) is 2.28. The lowest BCUT2D eigenvalue weighted by atomic mass is 10.1. The molecule has 0 heterocycles. The molecular weight excluding hydrogens is 295 g/mol. The first-order valence-electron chi connectivity index (χ1n) is 6.09. The van der Waals surface area contributed by atoms with Crippen LogP contribution in [0.3, 0.4) is 0 Å². The summed E-state index contributed by atoms with van der Waals surface area (Å²) in [6.07, 6.45) is 0. The third-order valence-electron chi connectivity index (χ3n) is 2.99. The van der Waals surface area contributed by atoms with Crippen molar-refractivity contribution in [2.75, 3.05) is 5.73 Å². The molecule has 2 aromatic rings. The number of carbonyl (C=O) groups is 1. The maximum atomic E-state index is 12.2. The van der Waals surface area contributed by atoms with E-state index in [0.29, 0.717) is 21.3 Å². The molecule has 0 bridgehead atoms. The first-order chi connectivity index (χ1) is 9.49. The molecule has 0 aliphatic heterocycles. The maximum absolute atomic E-state index is 12.2. The van der Waals surface area contributed by atoms with Gasteiger partial charge in [-0.1, -0.05) is 41.4 Å². The zero-order chi connectivity index (χ0) is 14.7. The molecule has 0 aromatic heterocycles. The van der Waals surface area contributed by atoms with Crippen LogP contribution >= 0.6 is 23.2 Å². The molecule has 3 nitrogen and oxygen atoms in total. The van der Waals surface area contributed by atoms with E-state index >= 15 is 0 Å². The van der Waals surface area contributed by atoms with E-state index in [0.717, 1.165) is 5.56 Å². The zero-order valence-electron chi connectivity index (χ0n) is 10.9. The first-order valence-corrected chi connectivity index (χ1v) is 6.85. The maximum Gasteiger partial charge on any atom is 0.255 e. The number of halogens is 2. The van der Waals surface area contributed by atoms with Crippen molar-refractivity contribution in [2.45, 2.75) is 13.0 Å². The van der Waals surface area contributed by atoms with Gasteiger partial charge in [0.1, 0.15) is 0 Å². The number of hydrogen-bond donors (Lipinski definition) is 2. The Balaban J connectivity index is 2.17. The third-order valence-corrected chi connectivity index (χ3v) is 3.56. The molecule has 1 unspecified atom stereocenters. The minimum absolute atomic E-state index is 0.171. The summed E-state index contributed by atoms with van der Waals surface area (Å²) in [5.74, 6) is -0.296. The van der Waals surface area contributed by atoms with E-state index in [1.165, 1.54) is 0 Å². The van der Waals surface area contributed by atoms with E-state index in [9.17, 15) is 4.79 Å². The summed E-state index contributed by atoms with van der Waals surface area (Å²) in [6.45, 7) is 1.88. The molecule has 1 atom stereocenters. The van der Waals surface area contributed by atoms with Crippen molar-refractivity contribution >= 4 is 34.8 Å². The molecule has 0 fully saturated rings. The van der Waals surface area contributed by atoms with Gasteiger partial charge >= 0.3 is 0 Å². The number of nitrogens with two attached hydrogens (primary N) is 1. The van der Waals surface area contributed by atoms with Crippen LogP contribution in [0.5, 0.6) is 0 Å². The molecule has 0 radical (unpaired) electrons. The van der Waals surface area contributed by atoms with Gasteiger partial charge in [0, 0.05) is 10.7 Å². The van der Waals surface area contributed by atoms with Gasteiger partial charge in [0.05, 0.1) is 16.6 Å². The minimum Gasteiger partial charge on any atom is -0.398 e. The zero-order valence-corrected chi connectivity index (χ0v) is 12.4. The highest BCUT2D eigenvalue weighted by Gasteiger charge is 2.16. The molecule has 0 saturated heterocycles. The molecule has 3 N–H and O–H groups in total. The second-order valence-electron chi connectivity index (χ2n) is 4.45. The normalized spacial score (nSPS) is 11.9. The van der Waals surface area contributed by atoms with Crippen molar-refractivity contribution in [3.8, 4) is 0 Å². The van der Waals surface area contributed by atoms with Crippen molar-refractivity contribution in [1.29, 1.82) is 0 Å². The highest BCUT2D eigenvalue weighted by molar-refractivity contribution is 6.34. The standard InChI is InChI=1S/C15H14Cl2N2O/c1-9(10-5-7-11(16)8-6-10)19-15(20)14-12(17)3-2-4-13(14)18/h2-9H,18H2,1H3,(H,19,20). The van der Waals surface area contributed by atoms with Crippen LogP contribution in [0.1, 0.15) is 28.9 Å². The summed E-state index contributed by atoms with van der Waals surface area (Å²) < 4.78 is 0. The van der Waals surface area contributed by atoms with Crippen molar-refractivity contribution in [3.63, 3.8) is 0 Å². The molecule has 5 heteroatoms. The van der Waals surface area contributed by atoms with E-state index in [-0.39, 0.29) is 11.9 Å². The quantitative estimate of drug-likeness (QED) is 0.840. The predicted octanol–water partition coefficient (Wildman–Crippen LogP) is 4.07. The fraction of sp³-hybridized carbons (Fsp3) is 0.133. The van der Waals surface area contributed by atoms with Crippen LogP contribution in [-0.2, 0) is 0 Å². The molecule has 0 aliphatic rings. The average Bonchev–Trinajstić information content (AvgIpc) is 2.39. The summed E-state index contributed by atoms with van der Waals surface area (Å²) in [5, 5.41) is 3.86. The Labute approximate surface area is 127 Å². The molecule has 1 amide bonds. The van der Waals surface area contributed by atoms with Crippen LogP contribution in [0, 0.1) is 0 Å². The number of carbonyl (C=O) groups excluding carboxylic acids is 1. The SMILES string of the molecule is CC(NC(=O)c1c(N)cccc1Cl)c1ccc(Cl)cc1. The average molecular weight is 309 g/mol. The van der Waals surface area contributed by atoms with E-state index in [4.69, 9.17) is 28.9 Å². The monoisotopic (exact) mass is 308 g/mol. The van der Waals surface area contributed by atoms with Gasteiger partial charge in [0.25, 0.3) is 5.91 Å². The second-order valence-corrected chi connectivity index (χ2v) is 5.29. The Morgan fingerprint density at radius 1 is 1.15 bits per heavy atom. The molecular formula is C15H14Cl2N2O. The van der Waals surface area contributed by atoms with Gasteiger partial charge in [-0.15, -0.1) is 0 Å². The Hall–Kier alpha value is -1.71. The highest BCUT2D eigenvalue weighted by atomic mass is 35.5. The van der Waals surface area contributed by atoms with Gasteiger partial charge in [0.2, 0.25) is 0 Å². The van der Waals surface area contributed by atoms with E-state index < -0.39 is 0 Å². The molecule has 2 aromatic carbocycles. The summed E-state index contributed by atoms with van der Waals surface area (Å²) in [4.78, 5) is 12.2. The van der Waals surface area contributed by atoms with Gasteiger partial charge < -0.3 is 11.1 Å². The van der Waals surface area contributed by atoms with Crippen LogP contribution in [0.25, 0.3) is 0 Å². The molecule has 104 valence electrons. The third kappa shape index (κ3) is 3.24. The van der Waals surface area contributed by atoms with Gasteiger partial charge in [-0.05, 0) is 36.8 Å².